The first-order chi connectivity index (χ1) is 12.5. The van der Waals surface area contributed by atoms with Gasteiger partial charge in [0, 0.05) is 19.3 Å². The molecule has 0 aliphatic heterocycles. The maximum Gasteiger partial charge on any atom is 0.573 e. The third-order valence-electron chi connectivity index (χ3n) is 3.30. The number of rotatable bonds is 6. The molecule has 2 aromatic rings. The Bertz CT molecular complexity index is 933. The van der Waals surface area contributed by atoms with Gasteiger partial charge in [-0.15, -0.1) is 13.2 Å². The van der Waals surface area contributed by atoms with Crippen LogP contribution in [0.2, 0.25) is 0 Å². The van der Waals surface area contributed by atoms with Crippen LogP contribution in [0.3, 0.4) is 0 Å². The van der Waals surface area contributed by atoms with Crippen molar-refractivity contribution in [2.24, 2.45) is 0 Å². The van der Waals surface area contributed by atoms with Gasteiger partial charge in [0.05, 0.1) is 11.4 Å². The first-order valence-electron chi connectivity index (χ1n) is 7.52. The van der Waals surface area contributed by atoms with Crippen LogP contribution in [-0.2, 0) is 14.8 Å². The van der Waals surface area contributed by atoms with Crippen LogP contribution in [0.25, 0.3) is 0 Å². The molecule has 0 spiro atoms. The molecule has 27 heavy (non-hydrogen) atoms. The van der Waals surface area contributed by atoms with Crippen molar-refractivity contribution < 1.29 is 31.1 Å². The first kappa shape index (κ1) is 20.6. The second-order valence-corrected chi connectivity index (χ2v) is 7.60. The van der Waals surface area contributed by atoms with E-state index in [2.05, 4.69) is 15.0 Å². The van der Waals surface area contributed by atoms with Gasteiger partial charge >= 0.3 is 6.36 Å². The van der Waals surface area contributed by atoms with Gasteiger partial charge in [-0.05, 0) is 36.8 Å². The summed E-state index contributed by atoms with van der Waals surface area (Å²) in [5, 5.41) is 2.45. The molecule has 1 aromatic heterocycles. The number of alkyl halides is 3. The third kappa shape index (κ3) is 5.93. The van der Waals surface area contributed by atoms with Crippen LogP contribution in [0.1, 0.15) is 5.56 Å². The van der Waals surface area contributed by atoms with Crippen molar-refractivity contribution in [2.45, 2.75) is 18.2 Å². The lowest BCUT2D eigenvalue weighted by Crippen LogP contribution is -2.35. The van der Waals surface area contributed by atoms with Gasteiger partial charge in [0.15, 0.2) is 0 Å². The van der Waals surface area contributed by atoms with E-state index in [4.69, 9.17) is 0 Å². The molecule has 7 nitrogen and oxygen atoms in total. The summed E-state index contributed by atoms with van der Waals surface area (Å²) in [7, 11) is -3.07. The highest BCUT2D eigenvalue weighted by molar-refractivity contribution is 7.89. The van der Waals surface area contributed by atoms with E-state index >= 15 is 0 Å². The van der Waals surface area contributed by atoms with Gasteiger partial charge in [0.1, 0.15) is 11.6 Å². The topological polar surface area (TPSA) is 88.6 Å². The van der Waals surface area contributed by atoms with Crippen LogP contribution in [0.5, 0.6) is 5.75 Å². The number of aryl methyl sites for hydroxylation is 1. The Morgan fingerprint density at radius 2 is 1.96 bits per heavy atom. The second kappa shape index (κ2) is 7.92. The van der Waals surface area contributed by atoms with Crippen LogP contribution < -0.4 is 10.1 Å². The summed E-state index contributed by atoms with van der Waals surface area (Å²) in [6, 6.07) is 7.25. The number of nitrogens with one attached hydrogen (secondary N) is 1. The highest BCUT2D eigenvalue weighted by atomic mass is 32.2. The summed E-state index contributed by atoms with van der Waals surface area (Å²) < 4.78 is 66.3. The monoisotopic (exact) mass is 403 g/mol. The maximum atomic E-state index is 12.5. The predicted octanol–water partition coefficient (Wildman–Crippen LogP) is 2.55. The lowest BCUT2D eigenvalue weighted by Gasteiger charge is -2.17. The van der Waals surface area contributed by atoms with Gasteiger partial charge < -0.3 is 10.1 Å². The normalized spacial score (nSPS) is 12.1. The number of ether oxygens (including phenoxy) is 1. The first-order valence-corrected chi connectivity index (χ1v) is 8.96. The third-order valence-corrected chi connectivity index (χ3v) is 5.10. The quantitative estimate of drug-likeness (QED) is 0.801. The molecule has 0 aliphatic carbocycles. The van der Waals surface area contributed by atoms with Crippen LogP contribution in [0, 0.1) is 6.92 Å². The molecule has 0 aliphatic rings. The van der Waals surface area contributed by atoms with E-state index in [1.54, 1.807) is 19.1 Å². The molecule has 0 saturated heterocycles. The molecule has 0 saturated carbocycles. The SMILES string of the molecule is Cc1ccnc(NC(=O)CN(C)S(=O)(=O)c2cccc(OC(F)(F)F)c2)c1. The standard InChI is InChI=1S/C16H16F3N3O4S/c1-11-6-7-20-14(8-11)21-15(23)10-22(2)27(24,25)13-5-3-4-12(9-13)26-16(17,18)19/h3-9H,10H2,1-2H3,(H,20,21,23). The Kier molecular flexibility index (Phi) is 6.06. The summed E-state index contributed by atoms with van der Waals surface area (Å²) in [6.45, 7) is 1.24. The number of sulfonamides is 1. The Labute approximate surface area is 153 Å². The van der Waals surface area contributed by atoms with Crippen LogP contribution in [0.4, 0.5) is 19.0 Å². The zero-order valence-electron chi connectivity index (χ0n) is 14.3. The van der Waals surface area contributed by atoms with Crippen molar-refractivity contribution in [3.8, 4) is 5.75 Å². The van der Waals surface area contributed by atoms with E-state index in [0.717, 1.165) is 36.9 Å². The van der Waals surface area contributed by atoms with Gasteiger partial charge in [0.2, 0.25) is 15.9 Å². The lowest BCUT2D eigenvalue weighted by molar-refractivity contribution is -0.274. The van der Waals surface area contributed by atoms with Crippen molar-refractivity contribution in [2.75, 3.05) is 18.9 Å². The summed E-state index contributed by atoms with van der Waals surface area (Å²) >= 11 is 0. The van der Waals surface area contributed by atoms with E-state index in [1.165, 1.54) is 6.20 Å². The molecule has 0 fully saturated rings. The van der Waals surface area contributed by atoms with Gasteiger partial charge in [-0.2, -0.15) is 4.31 Å². The summed E-state index contributed by atoms with van der Waals surface area (Å²) in [5.41, 5.74) is 0.850. The van der Waals surface area contributed by atoms with Gasteiger partial charge in [-0.25, -0.2) is 13.4 Å². The van der Waals surface area contributed by atoms with Gasteiger partial charge in [0.25, 0.3) is 0 Å². The van der Waals surface area contributed by atoms with Gasteiger partial charge in [-0.1, -0.05) is 6.07 Å². The average molecular weight is 403 g/mol. The van der Waals surface area contributed by atoms with Crippen LogP contribution in [0.15, 0.2) is 47.5 Å². The van der Waals surface area contributed by atoms with Gasteiger partial charge in [-0.3, -0.25) is 4.79 Å². The number of benzene rings is 1. The zero-order chi connectivity index (χ0) is 20.2. The number of hydrogen-bond donors (Lipinski definition) is 1. The zero-order valence-corrected chi connectivity index (χ0v) is 15.1. The largest absolute Gasteiger partial charge is 0.573 e. The van der Waals surface area contributed by atoms with E-state index in [1.807, 2.05) is 0 Å². The number of amides is 1. The molecule has 2 rings (SSSR count). The molecule has 1 aromatic carbocycles. The fourth-order valence-corrected chi connectivity index (χ4v) is 3.25. The molecule has 0 atom stereocenters. The Balaban J connectivity index is 2.11. The number of carbonyl (C=O) groups excluding carboxylic acids is 1. The molecule has 1 N–H and O–H groups in total. The Morgan fingerprint density at radius 3 is 2.59 bits per heavy atom. The van der Waals surface area contributed by atoms with Crippen LogP contribution >= 0.6 is 0 Å². The molecule has 1 heterocycles. The van der Waals surface area contributed by atoms with E-state index in [0.29, 0.717) is 4.31 Å². The highest BCUT2D eigenvalue weighted by Crippen LogP contribution is 2.26. The number of hydrogen-bond acceptors (Lipinski definition) is 5. The molecular formula is C16H16F3N3O4S. The maximum absolute atomic E-state index is 12.5. The van der Waals surface area contributed by atoms with E-state index in [9.17, 15) is 26.4 Å². The fraction of sp³-hybridized carbons (Fsp3) is 0.250. The van der Waals surface area contributed by atoms with Crippen molar-refractivity contribution in [1.82, 2.24) is 9.29 Å². The number of anilines is 1. The number of likely N-dealkylation sites (N-methyl/N-ethyl adjacent to an activating group) is 1. The molecular weight excluding hydrogens is 387 g/mol. The summed E-state index contributed by atoms with van der Waals surface area (Å²) in [5.74, 6) is -1.07. The molecule has 0 radical (unpaired) electrons. The lowest BCUT2D eigenvalue weighted by atomic mass is 10.3. The number of aromatic nitrogens is 1. The minimum Gasteiger partial charge on any atom is -0.406 e. The van der Waals surface area contributed by atoms with E-state index < -0.39 is 39.5 Å². The van der Waals surface area contributed by atoms with Crippen molar-refractivity contribution in [3.63, 3.8) is 0 Å². The van der Waals surface area contributed by atoms with Crippen molar-refractivity contribution in [1.29, 1.82) is 0 Å². The molecule has 11 heteroatoms. The fourth-order valence-electron chi connectivity index (χ4n) is 2.09. The molecule has 0 bridgehead atoms. The van der Waals surface area contributed by atoms with Crippen molar-refractivity contribution in [3.05, 3.63) is 48.2 Å². The second-order valence-electron chi connectivity index (χ2n) is 5.55. The average Bonchev–Trinajstić information content (AvgIpc) is 2.53. The minimum absolute atomic E-state index is 0.256. The Morgan fingerprint density at radius 1 is 1.26 bits per heavy atom. The van der Waals surface area contributed by atoms with Crippen LogP contribution in [-0.4, -0.2) is 43.6 Å². The highest BCUT2D eigenvalue weighted by Gasteiger charge is 2.32. The predicted molar refractivity (Wildman–Crippen MR) is 90.5 cm³/mol. The molecule has 0 unspecified atom stereocenters. The van der Waals surface area contributed by atoms with E-state index in [-0.39, 0.29) is 5.82 Å². The number of nitrogens with zero attached hydrogens (tertiary/aromatic N) is 2. The smallest absolute Gasteiger partial charge is 0.406 e. The number of pyridine rings is 1. The summed E-state index contributed by atoms with van der Waals surface area (Å²) in [4.78, 5) is 15.5. The number of carbonyl (C=O) groups is 1. The Hall–Kier alpha value is -2.66. The summed E-state index contributed by atoms with van der Waals surface area (Å²) in [6.07, 6.45) is -3.47. The minimum atomic E-state index is -4.95. The number of halogens is 3. The van der Waals surface area contributed by atoms with Crippen molar-refractivity contribution >= 4 is 21.7 Å². The molecule has 146 valence electrons. The molecule has 1 amide bonds.